The quantitative estimate of drug-likeness (QED) is 0.229. The van der Waals surface area contributed by atoms with E-state index in [4.69, 9.17) is 14.6 Å². The second-order valence-electron chi connectivity index (χ2n) is 8.30. The highest BCUT2D eigenvalue weighted by molar-refractivity contribution is 6.03. The average Bonchev–Trinajstić information content (AvgIpc) is 3.26. The van der Waals surface area contributed by atoms with Gasteiger partial charge in [-0.15, -0.1) is 0 Å². The number of benzene rings is 3. The molecule has 200 valence electrons. The summed E-state index contributed by atoms with van der Waals surface area (Å²) in [6, 6.07) is 20.2. The summed E-state index contributed by atoms with van der Waals surface area (Å²) in [6.45, 7) is 4.11. The van der Waals surface area contributed by atoms with Gasteiger partial charge in [0.15, 0.2) is 0 Å². The third-order valence-corrected chi connectivity index (χ3v) is 5.47. The van der Waals surface area contributed by atoms with E-state index in [2.05, 4.69) is 51.7 Å². The first-order valence-electron chi connectivity index (χ1n) is 11.4. The largest absolute Gasteiger partial charge is 0.490 e. The van der Waals surface area contributed by atoms with Crippen molar-refractivity contribution in [3.63, 3.8) is 0 Å². The van der Waals surface area contributed by atoms with Crippen LogP contribution >= 0.6 is 0 Å². The standard InChI is InChI=1S/C25H25N3O3.C2HF3O2/c1-16-27-23-14-21(13-22(25(29)30)24(23)28-16)19-8-6-18(7-9-19)20-5-3-4-17(12-20)15-26-10-11-31-2;3-2(4,5)1(6)7/h3-9,12-14,26H,10-11,15H2,1-2H3,(H,27,28)(H,29,30);(H,6,7). The van der Waals surface area contributed by atoms with E-state index in [0.717, 1.165) is 40.9 Å². The number of aliphatic carboxylic acids is 1. The number of halogens is 3. The molecule has 4 rings (SSSR count). The Morgan fingerprint density at radius 1 is 0.974 bits per heavy atom. The molecule has 0 unspecified atom stereocenters. The van der Waals surface area contributed by atoms with Crippen LogP contribution in [0.2, 0.25) is 0 Å². The number of carboxylic acid groups (broad SMARTS) is 2. The number of carboxylic acids is 2. The number of H-pyrrole nitrogens is 1. The molecule has 0 amide bonds. The first-order chi connectivity index (χ1) is 18.0. The van der Waals surface area contributed by atoms with Crippen LogP contribution in [0.3, 0.4) is 0 Å². The Bertz CT molecular complexity index is 1420. The van der Waals surface area contributed by atoms with E-state index in [-0.39, 0.29) is 5.56 Å². The van der Waals surface area contributed by atoms with Gasteiger partial charge in [0, 0.05) is 20.2 Å². The van der Waals surface area contributed by atoms with E-state index in [1.165, 1.54) is 5.56 Å². The summed E-state index contributed by atoms with van der Waals surface area (Å²) >= 11 is 0. The smallest absolute Gasteiger partial charge is 0.478 e. The summed E-state index contributed by atoms with van der Waals surface area (Å²) < 4.78 is 36.8. The molecule has 0 aliphatic heterocycles. The molecule has 1 heterocycles. The zero-order valence-electron chi connectivity index (χ0n) is 20.6. The van der Waals surface area contributed by atoms with Crippen molar-refractivity contribution in [2.24, 2.45) is 0 Å². The maximum absolute atomic E-state index is 11.7. The summed E-state index contributed by atoms with van der Waals surface area (Å²) in [5.41, 5.74) is 6.68. The number of aromatic amines is 1. The van der Waals surface area contributed by atoms with Crippen molar-refractivity contribution in [2.45, 2.75) is 19.6 Å². The topological polar surface area (TPSA) is 125 Å². The summed E-state index contributed by atoms with van der Waals surface area (Å²) in [7, 11) is 1.70. The van der Waals surface area contributed by atoms with Crippen LogP contribution < -0.4 is 5.32 Å². The Morgan fingerprint density at radius 2 is 1.61 bits per heavy atom. The molecule has 8 nitrogen and oxygen atoms in total. The van der Waals surface area contributed by atoms with Crippen LogP contribution in [0.25, 0.3) is 33.3 Å². The van der Waals surface area contributed by atoms with Gasteiger partial charge in [0.1, 0.15) is 11.3 Å². The van der Waals surface area contributed by atoms with Gasteiger partial charge in [0.2, 0.25) is 0 Å². The Balaban J connectivity index is 0.000000505. The molecule has 38 heavy (non-hydrogen) atoms. The molecule has 3 aromatic carbocycles. The SMILES string of the molecule is COCCNCc1cccc(-c2ccc(-c3cc(C(=O)O)c4nc(C)[nH]c4c3)cc2)c1.O=C(O)C(F)(F)F. The number of nitrogens with zero attached hydrogens (tertiary/aromatic N) is 1. The molecule has 0 saturated carbocycles. The van der Waals surface area contributed by atoms with Crippen LogP contribution in [-0.4, -0.2) is 58.6 Å². The van der Waals surface area contributed by atoms with Gasteiger partial charge in [-0.3, -0.25) is 0 Å². The maximum atomic E-state index is 11.7. The van der Waals surface area contributed by atoms with E-state index in [9.17, 15) is 23.1 Å². The van der Waals surface area contributed by atoms with Crippen molar-refractivity contribution in [3.8, 4) is 22.3 Å². The second kappa shape index (κ2) is 12.3. The lowest BCUT2D eigenvalue weighted by atomic mass is 9.97. The number of fused-ring (bicyclic) bond motifs is 1. The first-order valence-corrected chi connectivity index (χ1v) is 11.4. The van der Waals surface area contributed by atoms with E-state index in [1.807, 2.05) is 25.1 Å². The van der Waals surface area contributed by atoms with Crippen LogP contribution in [0, 0.1) is 6.92 Å². The minimum absolute atomic E-state index is 0.203. The molecular formula is C27H26F3N3O5. The van der Waals surface area contributed by atoms with Gasteiger partial charge < -0.3 is 25.3 Å². The predicted octanol–water partition coefficient (Wildman–Crippen LogP) is 5.27. The number of hydrogen-bond acceptors (Lipinski definition) is 5. The molecule has 0 bridgehead atoms. The van der Waals surface area contributed by atoms with Gasteiger partial charge in [-0.25, -0.2) is 14.6 Å². The number of nitrogens with one attached hydrogen (secondary N) is 2. The van der Waals surface area contributed by atoms with Crippen molar-refractivity contribution >= 4 is 23.0 Å². The van der Waals surface area contributed by atoms with Gasteiger partial charge in [0.05, 0.1) is 17.7 Å². The van der Waals surface area contributed by atoms with Crippen molar-refractivity contribution in [2.75, 3.05) is 20.3 Å². The third kappa shape index (κ3) is 7.40. The van der Waals surface area contributed by atoms with Gasteiger partial charge in [-0.05, 0) is 52.9 Å². The first kappa shape index (κ1) is 28.4. The summed E-state index contributed by atoms with van der Waals surface area (Å²) in [5, 5.41) is 20.1. The number of hydrogen-bond donors (Lipinski definition) is 4. The van der Waals surface area contributed by atoms with E-state index in [1.54, 1.807) is 13.2 Å². The third-order valence-electron chi connectivity index (χ3n) is 5.47. The van der Waals surface area contributed by atoms with E-state index >= 15 is 0 Å². The predicted molar refractivity (Wildman–Crippen MR) is 136 cm³/mol. The molecule has 11 heteroatoms. The highest BCUT2D eigenvalue weighted by atomic mass is 19.4. The van der Waals surface area contributed by atoms with Crippen LogP contribution in [0.5, 0.6) is 0 Å². The fourth-order valence-electron chi connectivity index (χ4n) is 3.69. The Hall–Kier alpha value is -4.22. The zero-order valence-corrected chi connectivity index (χ0v) is 20.6. The number of carbonyl (C=O) groups is 2. The summed E-state index contributed by atoms with van der Waals surface area (Å²) in [6.07, 6.45) is -5.08. The minimum Gasteiger partial charge on any atom is -0.478 e. The molecule has 0 saturated heterocycles. The van der Waals surface area contributed by atoms with Gasteiger partial charge >= 0.3 is 18.1 Å². The fourth-order valence-corrected chi connectivity index (χ4v) is 3.69. The van der Waals surface area contributed by atoms with Crippen molar-refractivity contribution in [3.05, 3.63) is 77.6 Å². The van der Waals surface area contributed by atoms with Gasteiger partial charge in [0.25, 0.3) is 0 Å². The number of alkyl halides is 3. The summed E-state index contributed by atoms with van der Waals surface area (Å²) in [4.78, 5) is 28.1. The van der Waals surface area contributed by atoms with Crippen LogP contribution in [-0.2, 0) is 16.1 Å². The minimum atomic E-state index is -5.08. The van der Waals surface area contributed by atoms with E-state index < -0.39 is 18.1 Å². The van der Waals surface area contributed by atoms with E-state index in [0.29, 0.717) is 17.9 Å². The molecule has 0 aliphatic carbocycles. The molecular weight excluding hydrogens is 503 g/mol. The number of aromatic carboxylic acids is 1. The molecule has 0 fully saturated rings. The molecule has 0 aliphatic rings. The average molecular weight is 530 g/mol. The van der Waals surface area contributed by atoms with Crippen LogP contribution in [0.4, 0.5) is 13.2 Å². The van der Waals surface area contributed by atoms with Crippen LogP contribution in [0.1, 0.15) is 21.7 Å². The molecule has 4 aromatic rings. The van der Waals surface area contributed by atoms with Gasteiger partial charge in [-0.1, -0.05) is 42.5 Å². The van der Waals surface area contributed by atoms with Crippen LogP contribution in [0.15, 0.2) is 60.7 Å². The number of aromatic nitrogens is 2. The Morgan fingerprint density at radius 3 is 2.18 bits per heavy atom. The van der Waals surface area contributed by atoms with Crippen molar-refractivity contribution < 1.29 is 37.7 Å². The Labute approximate surface area is 216 Å². The normalized spacial score (nSPS) is 11.2. The molecule has 0 spiro atoms. The number of rotatable bonds is 8. The lowest BCUT2D eigenvalue weighted by Crippen LogP contribution is -2.21. The van der Waals surface area contributed by atoms with Crippen molar-refractivity contribution in [1.82, 2.24) is 15.3 Å². The molecule has 1 aromatic heterocycles. The summed E-state index contributed by atoms with van der Waals surface area (Å²) in [5.74, 6) is -3.04. The highest BCUT2D eigenvalue weighted by Gasteiger charge is 2.38. The highest BCUT2D eigenvalue weighted by Crippen LogP contribution is 2.29. The lowest BCUT2D eigenvalue weighted by Gasteiger charge is -2.09. The number of methoxy groups -OCH3 is 1. The van der Waals surface area contributed by atoms with Crippen molar-refractivity contribution in [1.29, 1.82) is 0 Å². The number of ether oxygens (including phenoxy) is 1. The number of imidazole rings is 1. The zero-order chi connectivity index (χ0) is 27.9. The maximum Gasteiger partial charge on any atom is 0.490 e. The second-order valence-corrected chi connectivity index (χ2v) is 8.30. The lowest BCUT2D eigenvalue weighted by molar-refractivity contribution is -0.192. The van der Waals surface area contributed by atoms with Gasteiger partial charge in [-0.2, -0.15) is 13.2 Å². The number of aryl methyl sites for hydroxylation is 1. The molecule has 0 radical (unpaired) electrons. The monoisotopic (exact) mass is 529 g/mol. The Kier molecular flexibility index (Phi) is 9.21. The molecule has 0 atom stereocenters. The molecule has 4 N–H and O–H groups in total. The fraction of sp³-hybridized carbons (Fsp3) is 0.222.